The van der Waals surface area contributed by atoms with Crippen molar-refractivity contribution in [3.8, 4) is 0 Å². The van der Waals surface area contributed by atoms with E-state index in [0.717, 1.165) is 11.3 Å². The number of nitrogens with zero attached hydrogens (tertiary/aromatic N) is 2. The van der Waals surface area contributed by atoms with Gasteiger partial charge in [0.15, 0.2) is 5.13 Å². The van der Waals surface area contributed by atoms with Crippen molar-refractivity contribution in [1.82, 2.24) is 4.98 Å². The van der Waals surface area contributed by atoms with Crippen LogP contribution in [0, 0.1) is 5.82 Å². The molecule has 0 fully saturated rings. The molecule has 0 bridgehead atoms. The molecule has 1 amide bonds. The van der Waals surface area contributed by atoms with Crippen molar-refractivity contribution in [3.63, 3.8) is 0 Å². The van der Waals surface area contributed by atoms with Crippen LogP contribution in [0.2, 0.25) is 0 Å². The average molecular weight is 406 g/mol. The molecule has 7 nitrogen and oxygen atoms in total. The van der Waals surface area contributed by atoms with Crippen molar-refractivity contribution in [1.29, 1.82) is 0 Å². The van der Waals surface area contributed by atoms with Gasteiger partial charge in [-0.3, -0.25) is 4.79 Å². The van der Waals surface area contributed by atoms with E-state index in [1.165, 1.54) is 29.5 Å². The Kier molecular flexibility index (Phi) is 4.33. The van der Waals surface area contributed by atoms with Crippen molar-refractivity contribution >= 4 is 48.3 Å². The van der Waals surface area contributed by atoms with Crippen molar-refractivity contribution in [3.05, 3.63) is 47.8 Å². The first-order valence-corrected chi connectivity index (χ1v) is 10.4. The van der Waals surface area contributed by atoms with E-state index in [2.05, 4.69) is 10.3 Å². The maximum atomic E-state index is 13.3. The van der Waals surface area contributed by atoms with E-state index in [-0.39, 0.29) is 23.2 Å². The van der Waals surface area contributed by atoms with Crippen LogP contribution in [0.15, 0.2) is 41.3 Å². The van der Waals surface area contributed by atoms with E-state index < -0.39 is 10.0 Å². The largest absolute Gasteiger partial charge is 0.362 e. The van der Waals surface area contributed by atoms with Crippen molar-refractivity contribution in [2.45, 2.75) is 11.3 Å². The number of primary sulfonamides is 1. The van der Waals surface area contributed by atoms with Gasteiger partial charge >= 0.3 is 0 Å². The molecule has 0 radical (unpaired) electrons. The van der Waals surface area contributed by atoms with Crippen molar-refractivity contribution in [2.75, 3.05) is 23.3 Å². The second-order valence-corrected chi connectivity index (χ2v) is 8.78. The van der Waals surface area contributed by atoms with Gasteiger partial charge in [0.1, 0.15) is 5.82 Å². The third kappa shape index (κ3) is 3.64. The standard InChI is InChI=1S/C17H15FN4O3S2/c18-11-1-3-13-15(8-11)26-17(20-13)21-16(23)9-22-6-5-10-7-12(27(19,24)25)2-4-14(10)22/h1-4,7-8H,5-6,9H2,(H2,19,24,25)(H,20,21,23). The summed E-state index contributed by atoms with van der Waals surface area (Å²) in [6.45, 7) is 0.702. The molecule has 1 aliphatic heterocycles. The predicted octanol–water partition coefficient (Wildman–Crippen LogP) is 2.08. The number of amides is 1. The number of hydrogen-bond acceptors (Lipinski definition) is 6. The summed E-state index contributed by atoms with van der Waals surface area (Å²) in [5.41, 5.74) is 2.27. The Morgan fingerprint density at radius 1 is 1.30 bits per heavy atom. The molecule has 3 aromatic rings. The smallest absolute Gasteiger partial charge is 0.245 e. The normalized spacial score (nSPS) is 13.8. The third-order valence-corrected chi connectivity index (χ3v) is 6.15. The molecule has 1 aliphatic rings. The highest BCUT2D eigenvalue weighted by molar-refractivity contribution is 7.89. The van der Waals surface area contributed by atoms with Crippen molar-refractivity contribution < 1.29 is 17.6 Å². The third-order valence-electron chi connectivity index (χ3n) is 4.30. The molecule has 2 heterocycles. The van der Waals surface area contributed by atoms with E-state index in [0.29, 0.717) is 28.3 Å². The first-order chi connectivity index (χ1) is 12.8. The Morgan fingerprint density at radius 2 is 2.11 bits per heavy atom. The number of sulfonamides is 1. The number of nitrogens with one attached hydrogen (secondary N) is 1. The van der Waals surface area contributed by atoms with E-state index >= 15 is 0 Å². The van der Waals surface area contributed by atoms with Crippen LogP contribution in [0.3, 0.4) is 0 Å². The zero-order valence-corrected chi connectivity index (χ0v) is 15.6. The summed E-state index contributed by atoms with van der Waals surface area (Å²) in [6, 6.07) is 8.91. The van der Waals surface area contributed by atoms with Gasteiger partial charge in [0.05, 0.1) is 21.7 Å². The summed E-state index contributed by atoms with van der Waals surface area (Å²) in [5, 5.41) is 8.30. The second-order valence-electron chi connectivity index (χ2n) is 6.19. The number of benzene rings is 2. The Labute approximate surface area is 158 Å². The molecule has 0 saturated carbocycles. The summed E-state index contributed by atoms with van der Waals surface area (Å²) in [4.78, 5) is 18.6. The Hall–Kier alpha value is -2.56. The number of halogens is 1. The number of thiazole rings is 1. The summed E-state index contributed by atoms with van der Waals surface area (Å²) >= 11 is 1.21. The molecular weight excluding hydrogens is 391 g/mol. The quantitative estimate of drug-likeness (QED) is 0.690. The van der Waals surface area contributed by atoms with Gasteiger partial charge in [-0.1, -0.05) is 11.3 Å². The number of fused-ring (bicyclic) bond motifs is 2. The maximum absolute atomic E-state index is 13.3. The maximum Gasteiger partial charge on any atom is 0.245 e. The minimum Gasteiger partial charge on any atom is -0.362 e. The van der Waals surface area contributed by atoms with Gasteiger partial charge in [-0.25, -0.2) is 22.9 Å². The molecule has 27 heavy (non-hydrogen) atoms. The van der Waals surface area contributed by atoms with Crippen LogP contribution < -0.4 is 15.4 Å². The molecule has 1 aromatic heterocycles. The van der Waals surface area contributed by atoms with Crippen LogP contribution in [0.5, 0.6) is 0 Å². The summed E-state index contributed by atoms with van der Waals surface area (Å²) < 4.78 is 36.8. The first-order valence-electron chi connectivity index (χ1n) is 8.06. The molecule has 10 heteroatoms. The fourth-order valence-electron chi connectivity index (χ4n) is 3.07. The molecule has 0 saturated heterocycles. The number of anilines is 2. The predicted molar refractivity (Wildman–Crippen MR) is 102 cm³/mol. The van der Waals surface area contributed by atoms with E-state index in [9.17, 15) is 17.6 Å². The Balaban J connectivity index is 1.48. The first kappa shape index (κ1) is 17.8. The number of nitrogens with two attached hydrogens (primary N) is 1. The molecule has 0 aliphatic carbocycles. The molecule has 2 aromatic carbocycles. The lowest BCUT2D eigenvalue weighted by molar-refractivity contribution is -0.115. The lowest BCUT2D eigenvalue weighted by atomic mass is 10.2. The van der Waals surface area contributed by atoms with Crippen LogP contribution in [-0.4, -0.2) is 32.4 Å². The minimum atomic E-state index is -3.75. The van der Waals surface area contributed by atoms with Gasteiger partial charge in [0.25, 0.3) is 0 Å². The Morgan fingerprint density at radius 3 is 2.89 bits per heavy atom. The molecule has 3 N–H and O–H groups in total. The van der Waals surface area contributed by atoms with Crippen molar-refractivity contribution in [2.24, 2.45) is 5.14 Å². The zero-order valence-electron chi connectivity index (χ0n) is 14.0. The monoisotopic (exact) mass is 406 g/mol. The average Bonchev–Trinajstić information content (AvgIpc) is 3.16. The molecule has 4 rings (SSSR count). The summed E-state index contributed by atoms with van der Waals surface area (Å²) in [6.07, 6.45) is 0.631. The SMILES string of the molecule is NS(=O)(=O)c1ccc2c(c1)CCN2CC(=O)Nc1nc2ccc(F)cc2s1. The molecule has 0 unspecified atom stereocenters. The highest BCUT2D eigenvalue weighted by Crippen LogP contribution is 2.30. The lowest BCUT2D eigenvalue weighted by Gasteiger charge is -2.18. The minimum absolute atomic E-state index is 0.0641. The molecule has 0 atom stereocenters. The second kappa shape index (κ2) is 6.55. The van der Waals surface area contributed by atoms with Crippen LogP contribution >= 0.6 is 11.3 Å². The van der Waals surface area contributed by atoms with Crippen LogP contribution in [0.4, 0.5) is 15.2 Å². The van der Waals surface area contributed by atoms with Gasteiger partial charge in [-0.15, -0.1) is 0 Å². The van der Waals surface area contributed by atoms with Crippen LogP contribution in [-0.2, 0) is 21.2 Å². The van der Waals surface area contributed by atoms with E-state index in [4.69, 9.17) is 5.14 Å². The zero-order chi connectivity index (χ0) is 19.2. The van der Waals surface area contributed by atoms with E-state index in [1.807, 2.05) is 4.90 Å². The number of hydrogen-bond donors (Lipinski definition) is 2. The topological polar surface area (TPSA) is 105 Å². The van der Waals surface area contributed by atoms with E-state index in [1.54, 1.807) is 18.2 Å². The highest BCUT2D eigenvalue weighted by Gasteiger charge is 2.23. The number of carbonyl (C=O) groups is 1. The van der Waals surface area contributed by atoms with Gasteiger partial charge in [-0.2, -0.15) is 0 Å². The lowest BCUT2D eigenvalue weighted by Crippen LogP contribution is -2.31. The molecule has 0 spiro atoms. The summed E-state index contributed by atoms with van der Waals surface area (Å²) in [7, 11) is -3.75. The molecule has 140 valence electrons. The highest BCUT2D eigenvalue weighted by atomic mass is 32.2. The van der Waals surface area contributed by atoms with Crippen LogP contribution in [0.25, 0.3) is 10.2 Å². The van der Waals surface area contributed by atoms with Gasteiger partial charge < -0.3 is 10.2 Å². The fraction of sp³-hybridized carbons (Fsp3) is 0.176. The number of rotatable bonds is 4. The number of carbonyl (C=O) groups excluding carboxylic acids is 1. The summed E-state index contributed by atoms with van der Waals surface area (Å²) in [5.74, 6) is -0.602. The van der Waals surface area contributed by atoms with Gasteiger partial charge in [0, 0.05) is 12.2 Å². The van der Waals surface area contributed by atoms with Gasteiger partial charge in [0.2, 0.25) is 15.9 Å². The number of aromatic nitrogens is 1. The Bertz CT molecular complexity index is 1160. The van der Waals surface area contributed by atoms with Gasteiger partial charge in [-0.05, 0) is 48.4 Å². The van der Waals surface area contributed by atoms with Crippen LogP contribution in [0.1, 0.15) is 5.56 Å². The fourth-order valence-corrected chi connectivity index (χ4v) is 4.54. The molecular formula is C17H15FN4O3S2.